The van der Waals surface area contributed by atoms with Gasteiger partial charge in [0.15, 0.2) is 0 Å². The summed E-state index contributed by atoms with van der Waals surface area (Å²) in [6.45, 7) is 4.87. The monoisotopic (exact) mass is 178 g/mol. The predicted octanol–water partition coefficient (Wildman–Crippen LogP) is 3.71. The third kappa shape index (κ3) is 0.980. The quantitative estimate of drug-likeness (QED) is 0.604. The van der Waals surface area contributed by atoms with Crippen molar-refractivity contribution in [2.45, 2.75) is 46.0 Å². The molecule has 0 heterocycles. The highest BCUT2D eigenvalue weighted by Crippen LogP contribution is 2.65. The van der Waals surface area contributed by atoms with Crippen LogP contribution in [0.15, 0.2) is 0 Å². The molecule has 6 atom stereocenters. The van der Waals surface area contributed by atoms with Crippen LogP contribution in [0, 0.1) is 35.5 Å². The molecule has 0 aromatic carbocycles. The molecular weight excluding hydrogens is 156 g/mol. The third-order valence-electron chi connectivity index (χ3n) is 5.50. The highest BCUT2D eigenvalue weighted by molar-refractivity contribution is 5.06. The Morgan fingerprint density at radius 3 is 2.46 bits per heavy atom. The summed E-state index contributed by atoms with van der Waals surface area (Å²) in [5, 5.41) is 0. The van der Waals surface area contributed by atoms with Gasteiger partial charge in [0, 0.05) is 0 Å². The Morgan fingerprint density at radius 2 is 1.69 bits per heavy atom. The molecule has 0 N–H and O–H groups in total. The molecule has 3 aliphatic rings. The summed E-state index contributed by atoms with van der Waals surface area (Å²) in [5.74, 6) is 6.87. The molecule has 0 nitrogen and oxygen atoms in total. The van der Waals surface area contributed by atoms with Crippen LogP contribution in [0.3, 0.4) is 0 Å². The van der Waals surface area contributed by atoms with Gasteiger partial charge in [-0.3, -0.25) is 0 Å². The zero-order chi connectivity index (χ0) is 9.00. The van der Waals surface area contributed by atoms with Gasteiger partial charge in [-0.15, -0.1) is 0 Å². The maximum atomic E-state index is 2.52. The van der Waals surface area contributed by atoms with Gasteiger partial charge in [0.2, 0.25) is 0 Å². The lowest BCUT2D eigenvalue weighted by Gasteiger charge is -2.50. The maximum absolute atomic E-state index is 2.52. The van der Waals surface area contributed by atoms with Crippen LogP contribution >= 0.6 is 0 Å². The van der Waals surface area contributed by atoms with Gasteiger partial charge in [0.1, 0.15) is 0 Å². The standard InChI is InChI=1S/C13H22/c1-3-4-9-5-11-8(2)12-6-10(9)7-13(11)12/h8-13H,3-7H2,1-2H3. The molecule has 0 aromatic heterocycles. The smallest absolute Gasteiger partial charge is 0.0349 e. The van der Waals surface area contributed by atoms with Gasteiger partial charge in [0.25, 0.3) is 0 Å². The van der Waals surface area contributed by atoms with Crippen molar-refractivity contribution in [3.8, 4) is 0 Å². The van der Waals surface area contributed by atoms with Crippen molar-refractivity contribution in [1.82, 2.24) is 0 Å². The molecular formula is C13H22. The Balaban J connectivity index is 1.76. The molecule has 3 saturated carbocycles. The van der Waals surface area contributed by atoms with Crippen molar-refractivity contribution in [2.24, 2.45) is 35.5 Å². The first-order chi connectivity index (χ1) is 6.31. The molecule has 0 aromatic rings. The summed E-state index contributed by atoms with van der Waals surface area (Å²) in [6.07, 6.45) is 7.75. The van der Waals surface area contributed by atoms with Crippen molar-refractivity contribution >= 4 is 0 Å². The Morgan fingerprint density at radius 1 is 1.00 bits per heavy atom. The van der Waals surface area contributed by atoms with Gasteiger partial charge in [-0.2, -0.15) is 0 Å². The van der Waals surface area contributed by atoms with Gasteiger partial charge in [-0.05, 0) is 54.8 Å². The average molecular weight is 178 g/mol. The van der Waals surface area contributed by atoms with Crippen LogP contribution < -0.4 is 0 Å². The third-order valence-corrected chi connectivity index (χ3v) is 5.50. The van der Waals surface area contributed by atoms with E-state index in [2.05, 4.69) is 13.8 Å². The van der Waals surface area contributed by atoms with Crippen LogP contribution in [0.4, 0.5) is 0 Å². The van der Waals surface area contributed by atoms with Crippen molar-refractivity contribution in [3.05, 3.63) is 0 Å². The molecule has 3 fully saturated rings. The summed E-state index contributed by atoms with van der Waals surface area (Å²) in [7, 11) is 0. The van der Waals surface area contributed by atoms with Crippen molar-refractivity contribution in [1.29, 1.82) is 0 Å². The Hall–Kier alpha value is 0. The number of hydrogen-bond acceptors (Lipinski definition) is 0. The van der Waals surface area contributed by atoms with Gasteiger partial charge in [-0.25, -0.2) is 0 Å². The average Bonchev–Trinajstić information content (AvgIpc) is 2.40. The molecule has 0 amide bonds. The van der Waals surface area contributed by atoms with E-state index >= 15 is 0 Å². The van der Waals surface area contributed by atoms with Crippen LogP contribution in [0.2, 0.25) is 0 Å². The summed E-state index contributed by atoms with van der Waals surface area (Å²) in [5.41, 5.74) is 0. The minimum absolute atomic E-state index is 1.09. The molecule has 0 aliphatic heterocycles. The first-order valence-electron chi connectivity index (χ1n) is 6.31. The van der Waals surface area contributed by atoms with Crippen molar-refractivity contribution in [3.63, 3.8) is 0 Å². The largest absolute Gasteiger partial charge is 0.0654 e. The molecule has 0 saturated heterocycles. The molecule has 0 radical (unpaired) electrons. The second kappa shape index (κ2) is 2.74. The normalized spacial score (nSPS) is 57.7. The lowest BCUT2D eigenvalue weighted by molar-refractivity contribution is -0.0106. The summed E-state index contributed by atoms with van der Waals surface area (Å²) >= 11 is 0. The SMILES string of the molecule is CCCC1CC2C(C)C3CC1CC23. The van der Waals surface area contributed by atoms with E-state index in [0.717, 1.165) is 29.6 Å². The van der Waals surface area contributed by atoms with E-state index in [1.807, 2.05) is 0 Å². The van der Waals surface area contributed by atoms with E-state index in [1.54, 1.807) is 19.3 Å². The Kier molecular flexibility index (Phi) is 1.76. The highest BCUT2D eigenvalue weighted by Gasteiger charge is 2.57. The van der Waals surface area contributed by atoms with Crippen LogP contribution in [0.5, 0.6) is 0 Å². The van der Waals surface area contributed by atoms with Crippen molar-refractivity contribution < 1.29 is 0 Å². The molecule has 74 valence electrons. The lowest BCUT2D eigenvalue weighted by atomic mass is 9.55. The number of hydrogen-bond donors (Lipinski definition) is 0. The number of rotatable bonds is 2. The second-order valence-electron chi connectivity index (χ2n) is 5.87. The molecule has 13 heavy (non-hydrogen) atoms. The topological polar surface area (TPSA) is 0 Å². The van der Waals surface area contributed by atoms with Crippen LogP contribution in [0.1, 0.15) is 46.0 Å². The molecule has 2 bridgehead atoms. The van der Waals surface area contributed by atoms with E-state index < -0.39 is 0 Å². The van der Waals surface area contributed by atoms with E-state index in [1.165, 1.54) is 18.8 Å². The lowest BCUT2D eigenvalue weighted by Crippen LogP contribution is -2.43. The fourth-order valence-corrected chi connectivity index (χ4v) is 4.84. The van der Waals surface area contributed by atoms with Gasteiger partial charge in [0.05, 0.1) is 0 Å². The molecule has 0 heteroatoms. The van der Waals surface area contributed by atoms with Crippen LogP contribution in [0.25, 0.3) is 0 Å². The van der Waals surface area contributed by atoms with Crippen LogP contribution in [-0.2, 0) is 0 Å². The second-order valence-corrected chi connectivity index (χ2v) is 5.87. The minimum atomic E-state index is 1.09. The molecule has 0 spiro atoms. The van der Waals surface area contributed by atoms with E-state index in [4.69, 9.17) is 0 Å². The fraction of sp³-hybridized carbons (Fsp3) is 1.00. The van der Waals surface area contributed by atoms with Gasteiger partial charge < -0.3 is 0 Å². The van der Waals surface area contributed by atoms with E-state index in [-0.39, 0.29) is 0 Å². The first kappa shape index (κ1) is 8.32. The predicted molar refractivity (Wildman–Crippen MR) is 55.4 cm³/mol. The van der Waals surface area contributed by atoms with E-state index in [9.17, 15) is 0 Å². The van der Waals surface area contributed by atoms with Gasteiger partial charge in [-0.1, -0.05) is 26.7 Å². The maximum Gasteiger partial charge on any atom is -0.0349 e. The zero-order valence-corrected chi connectivity index (χ0v) is 9.00. The summed E-state index contributed by atoms with van der Waals surface area (Å²) < 4.78 is 0. The van der Waals surface area contributed by atoms with E-state index in [0.29, 0.717) is 0 Å². The fourth-order valence-electron chi connectivity index (χ4n) is 4.84. The Bertz CT molecular complexity index is 208. The highest BCUT2D eigenvalue weighted by atomic mass is 14.6. The van der Waals surface area contributed by atoms with Crippen molar-refractivity contribution in [2.75, 3.05) is 0 Å². The summed E-state index contributed by atoms with van der Waals surface area (Å²) in [6, 6.07) is 0. The molecule has 3 aliphatic carbocycles. The zero-order valence-electron chi connectivity index (χ0n) is 9.00. The summed E-state index contributed by atoms with van der Waals surface area (Å²) in [4.78, 5) is 0. The molecule has 6 unspecified atom stereocenters. The first-order valence-corrected chi connectivity index (χ1v) is 6.31. The van der Waals surface area contributed by atoms with Gasteiger partial charge >= 0.3 is 0 Å². The number of fused-ring (bicyclic) bond motifs is 1. The Labute approximate surface area is 82.1 Å². The minimum Gasteiger partial charge on any atom is -0.0654 e. The molecule has 3 rings (SSSR count). The van der Waals surface area contributed by atoms with Crippen LogP contribution in [-0.4, -0.2) is 0 Å².